The monoisotopic (exact) mass is 375 g/mol. The average molecular weight is 375 g/mol. The lowest BCUT2D eigenvalue weighted by Gasteiger charge is -2.24. The first-order chi connectivity index (χ1) is 13.1. The molecule has 6 nitrogen and oxygen atoms in total. The molecule has 1 N–H and O–H groups in total. The zero-order valence-corrected chi connectivity index (χ0v) is 15.9. The average Bonchev–Trinajstić information content (AvgIpc) is 3.21. The molecule has 0 aromatic heterocycles. The van der Waals surface area contributed by atoms with Gasteiger partial charge in [-0.05, 0) is 56.9 Å². The molecule has 148 valence electrons. The highest BCUT2D eigenvalue weighted by Crippen LogP contribution is 2.19. The summed E-state index contributed by atoms with van der Waals surface area (Å²) in [6.45, 7) is 2.92. The van der Waals surface area contributed by atoms with Crippen LogP contribution < -0.4 is 10.1 Å². The summed E-state index contributed by atoms with van der Waals surface area (Å²) < 4.78 is 16.5. The minimum atomic E-state index is -0.810. The van der Waals surface area contributed by atoms with Crippen LogP contribution in [0.15, 0.2) is 24.3 Å². The van der Waals surface area contributed by atoms with Crippen molar-refractivity contribution in [3.63, 3.8) is 0 Å². The van der Waals surface area contributed by atoms with E-state index in [0.717, 1.165) is 45.1 Å². The lowest BCUT2D eigenvalue weighted by Crippen LogP contribution is -2.42. The number of ether oxygens (including phenoxy) is 3. The molecule has 1 aliphatic carbocycles. The molecule has 6 heteroatoms. The van der Waals surface area contributed by atoms with Crippen LogP contribution in [0.5, 0.6) is 5.75 Å². The molecule has 1 aromatic rings. The number of esters is 1. The van der Waals surface area contributed by atoms with Crippen LogP contribution in [0.2, 0.25) is 0 Å². The van der Waals surface area contributed by atoms with E-state index in [4.69, 9.17) is 14.2 Å². The summed E-state index contributed by atoms with van der Waals surface area (Å²) in [5.74, 6) is -0.0520. The maximum atomic E-state index is 12.3. The lowest BCUT2D eigenvalue weighted by molar-refractivity contribution is -0.130. The first-order valence-corrected chi connectivity index (χ1v) is 9.97. The van der Waals surface area contributed by atoms with Crippen LogP contribution in [0.3, 0.4) is 0 Å². The number of carbonyl (C=O) groups is 2. The molecule has 3 rings (SSSR count). The molecule has 27 heavy (non-hydrogen) atoms. The molecule has 2 fully saturated rings. The van der Waals surface area contributed by atoms with E-state index in [1.54, 1.807) is 31.2 Å². The number of carbonyl (C=O) groups excluding carboxylic acids is 2. The van der Waals surface area contributed by atoms with E-state index in [9.17, 15) is 9.59 Å². The van der Waals surface area contributed by atoms with Crippen molar-refractivity contribution in [3.05, 3.63) is 29.8 Å². The molecule has 2 unspecified atom stereocenters. The number of hydrogen-bond donors (Lipinski definition) is 1. The highest BCUT2D eigenvalue weighted by atomic mass is 16.5. The zero-order valence-electron chi connectivity index (χ0n) is 15.9. The summed E-state index contributed by atoms with van der Waals surface area (Å²) in [5.41, 5.74) is 0.400. The van der Waals surface area contributed by atoms with Gasteiger partial charge in [0.05, 0.1) is 11.7 Å². The molecule has 1 amide bonds. The van der Waals surface area contributed by atoms with Crippen molar-refractivity contribution in [2.45, 2.75) is 70.1 Å². The van der Waals surface area contributed by atoms with Gasteiger partial charge in [-0.3, -0.25) is 4.79 Å². The quantitative estimate of drug-likeness (QED) is 0.741. The molecular weight excluding hydrogens is 346 g/mol. The molecule has 0 radical (unpaired) electrons. The van der Waals surface area contributed by atoms with Gasteiger partial charge in [0, 0.05) is 12.6 Å². The molecule has 2 atom stereocenters. The Morgan fingerprint density at radius 1 is 1.11 bits per heavy atom. The third kappa shape index (κ3) is 5.96. The second kappa shape index (κ2) is 9.74. The Morgan fingerprint density at radius 3 is 2.52 bits per heavy atom. The summed E-state index contributed by atoms with van der Waals surface area (Å²) >= 11 is 0. The van der Waals surface area contributed by atoms with Crippen LogP contribution in [0.1, 0.15) is 62.2 Å². The molecule has 1 saturated heterocycles. The van der Waals surface area contributed by atoms with Crippen LogP contribution >= 0.6 is 0 Å². The Bertz CT molecular complexity index is 618. The first kappa shape index (κ1) is 19.7. The molecule has 1 heterocycles. The summed E-state index contributed by atoms with van der Waals surface area (Å²) in [5, 5.41) is 2.98. The summed E-state index contributed by atoms with van der Waals surface area (Å²) in [6, 6.07) is 6.97. The van der Waals surface area contributed by atoms with Crippen molar-refractivity contribution in [3.8, 4) is 5.75 Å². The Kier molecular flexibility index (Phi) is 7.10. The van der Waals surface area contributed by atoms with Crippen molar-refractivity contribution < 1.29 is 23.8 Å². The molecule has 0 bridgehead atoms. The fourth-order valence-corrected chi connectivity index (χ4v) is 3.50. The van der Waals surface area contributed by atoms with E-state index < -0.39 is 12.1 Å². The van der Waals surface area contributed by atoms with E-state index in [-0.39, 0.29) is 18.1 Å². The van der Waals surface area contributed by atoms with E-state index in [2.05, 4.69) is 5.32 Å². The van der Waals surface area contributed by atoms with E-state index >= 15 is 0 Å². The second-order valence-electron chi connectivity index (χ2n) is 7.36. The molecule has 0 spiro atoms. The van der Waals surface area contributed by atoms with Crippen molar-refractivity contribution in [1.29, 1.82) is 0 Å². The molecule has 2 aliphatic rings. The van der Waals surface area contributed by atoms with Gasteiger partial charge in [0.25, 0.3) is 5.91 Å². The first-order valence-electron chi connectivity index (χ1n) is 9.97. The van der Waals surface area contributed by atoms with Crippen LogP contribution in [-0.2, 0) is 14.3 Å². The van der Waals surface area contributed by atoms with Crippen LogP contribution in [0.4, 0.5) is 0 Å². The smallest absolute Gasteiger partial charge is 0.338 e. The predicted octanol–water partition coefficient (Wildman–Crippen LogP) is 3.24. The van der Waals surface area contributed by atoms with Gasteiger partial charge in [-0.25, -0.2) is 4.79 Å². The van der Waals surface area contributed by atoms with Gasteiger partial charge in [-0.1, -0.05) is 19.3 Å². The predicted molar refractivity (Wildman–Crippen MR) is 101 cm³/mol. The second-order valence-corrected chi connectivity index (χ2v) is 7.36. The van der Waals surface area contributed by atoms with Crippen molar-refractivity contribution >= 4 is 11.9 Å². The highest BCUT2D eigenvalue weighted by molar-refractivity contribution is 5.92. The van der Waals surface area contributed by atoms with Crippen LogP contribution in [0.25, 0.3) is 0 Å². The zero-order chi connectivity index (χ0) is 19.1. The van der Waals surface area contributed by atoms with Gasteiger partial charge >= 0.3 is 5.97 Å². The molecule has 1 saturated carbocycles. The van der Waals surface area contributed by atoms with Crippen LogP contribution in [0, 0.1) is 0 Å². The van der Waals surface area contributed by atoms with E-state index in [1.807, 2.05) is 0 Å². The number of rotatable bonds is 7. The fourth-order valence-electron chi connectivity index (χ4n) is 3.50. The Hall–Kier alpha value is -2.08. The maximum Gasteiger partial charge on any atom is 0.338 e. The van der Waals surface area contributed by atoms with Gasteiger partial charge < -0.3 is 19.5 Å². The minimum absolute atomic E-state index is 0.151. The Labute approximate surface area is 160 Å². The molecular formula is C21H29NO5. The topological polar surface area (TPSA) is 73.9 Å². The number of hydrogen-bond acceptors (Lipinski definition) is 5. The third-order valence-corrected chi connectivity index (χ3v) is 5.15. The number of nitrogens with one attached hydrogen (secondary N) is 1. The fraction of sp³-hybridized carbons (Fsp3) is 0.619. The normalized spacial score (nSPS) is 21.4. The third-order valence-electron chi connectivity index (χ3n) is 5.15. The van der Waals surface area contributed by atoms with E-state index in [0.29, 0.717) is 17.9 Å². The Balaban J connectivity index is 1.44. The van der Waals surface area contributed by atoms with Crippen molar-refractivity contribution in [1.82, 2.24) is 5.32 Å². The van der Waals surface area contributed by atoms with Crippen molar-refractivity contribution in [2.24, 2.45) is 0 Å². The minimum Gasteiger partial charge on any atom is -0.491 e. The summed E-state index contributed by atoms with van der Waals surface area (Å²) in [7, 11) is 0. The van der Waals surface area contributed by atoms with Gasteiger partial charge in [0.2, 0.25) is 0 Å². The van der Waals surface area contributed by atoms with Gasteiger partial charge in [-0.15, -0.1) is 0 Å². The van der Waals surface area contributed by atoms with Gasteiger partial charge in [-0.2, -0.15) is 0 Å². The highest BCUT2D eigenvalue weighted by Gasteiger charge is 2.23. The SMILES string of the molecule is CC(OC(=O)c1ccc(OCC2CCCO2)cc1)C(=O)NC1CCCCC1. The van der Waals surface area contributed by atoms with E-state index in [1.165, 1.54) is 6.42 Å². The van der Waals surface area contributed by atoms with Gasteiger partial charge in [0.15, 0.2) is 6.10 Å². The maximum absolute atomic E-state index is 12.3. The van der Waals surface area contributed by atoms with Crippen LogP contribution in [-0.4, -0.2) is 43.3 Å². The number of amides is 1. The molecule has 1 aliphatic heterocycles. The lowest BCUT2D eigenvalue weighted by atomic mass is 9.95. The van der Waals surface area contributed by atoms with Gasteiger partial charge in [0.1, 0.15) is 12.4 Å². The Morgan fingerprint density at radius 2 is 1.85 bits per heavy atom. The summed E-state index contributed by atoms with van der Waals surface area (Å²) in [6.07, 6.45) is 6.94. The molecule has 1 aromatic carbocycles. The standard InChI is InChI=1S/C21H29NO5/c1-15(20(23)22-17-6-3-2-4-7-17)27-21(24)16-9-11-18(12-10-16)26-14-19-8-5-13-25-19/h9-12,15,17,19H,2-8,13-14H2,1H3,(H,22,23). The number of benzene rings is 1. The van der Waals surface area contributed by atoms with Crippen molar-refractivity contribution in [2.75, 3.05) is 13.2 Å². The largest absolute Gasteiger partial charge is 0.491 e. The summed E-state index contributed by atoms with van der Waals surface area (Å²) in [4.78, 5) is 24.5.